The Kier molecular flexibility index (Phi) is 5.08. The predicted octanol–water partition coefficient (Wildman–Crippen LogP) is 2.14. The Hall–Kier alpha value is -3.16. The summed E-state index contributed by atoms with van der Waals surface area (Å²) in [5, 5.41) is 9.85. The molecule has 0 aliphatic heterocycles. The molecule has 8 nitrogen and oxygen atoms in total. The van der Waals surface area contributed by atoms with Crippen LogP contribution in [0.5, 0.6) is 0 Å². The van der Waals surface area contributed by atoms with E-state index in [0.29, 0.717) is 11.6 Å². The molecule has 130 valence electrons. The Morgan fingerprint density at radius 1 is 1.28 bits per heavy atom. The highest BCUT2D eigenvalue weighted by molar-refractivity contribution is 5.89. The third-order valence-corrected chi connectivity index (χ3v) is 3.86. The van der Waals surface area contributed by atoms with Crippen molar-refractivity contribution in [2.45, 2.75) is 25.8 Å². The first-order valence-electron chi connectivity index (χ1n) is 8.11. The van der Waals surface area contributed by atoms with Gasteiger partial charge in [0.15, 0.2) is 0 Å². The third kappa shape index (κ3) is 4.43. The van der Waals surface area contributed by atoms with Crippen molar-refractivity contribution in [2.24, 2.45) is 7.05 Å². The number of carbonyl (C=O) groups is 1. The van der Waals surface area contributed by atoms with Crippen LogP contribution in [0.1, 0.15) is 19.0 Å². The lowest BCUT2D eigenvalue weighted by atomic mass is 10.1. The van der Waals surface area contributed by atoms with Gasteiger partial charge in [-0.15, -0.1) is 0 Å². The van der Waals surface area contributed by atoms with Crippen LogP contribution in [0.15, 0.2) is 49.2 Å². The van der Waals surface area contributed by atoms with E-state index in [1.165, 1.54) is 10.4 Å². The number of carbonyl (C=O) groups excluding carboxylic acids is 1. The summed E-state index contributed by atoms with van der Waals surface area (Å²) < 4.78 is 3.60. The molecule has 3 aromatic heterocycles. The molecule has 2 N–H and O–H groups in total. The molecule has 25 heavy (non-hydrogen) atoms. The minimum atomic E-state index is -0.257. The van der Waals surface area contributed by atoms with Crippen LogP contribution in [0.2, 0.25) is 0 Å². The standard InChI is InChI=1S/C17H21N7O/c1-13(6-7-15-5-3-10-23(15)2)21-17(25)22-14-11-20-24(12-14)16-18-8-4-9-19-16/h3-5,8-13H,6-7H2,1-2H3,(H2,21,22,25). The number of anilines is 1. The van der Waals surface area contributed by atoms with E-state index in [2.05, 4.69) is 36.3 Å². The van der Waals surface area contributed by atoms with Crippen LogP contribution in [0.3, 0.4) is 0 Å². The lowest BCUT2D eigenvalue weighted by Gasteiger charge is -2.14. The predicted molar refractivity (Wildman–Crippen MR) is 94.5 cm³/mol. The first-order chi connectivity index (χ1) is 12.1. The summed E-state index contributed by atoms with van der Waals surface area (Å²) in [7, 11) is 2.02. The van der Waals surface area contributed by atoms with Gasteiger partial charge in [0.25, 0.3) is 0 Å². The minimum absolute atomic E-state index is 0.0578. The molecule has 0 saturated heterocycles. The number of aryl methyl sites for hydroxylation is 2. The van der Waals surface area contributed by atoms with Gasteiger partial charge in [0.1, 0.15) is 0 Å². The van der Waals surface area contributed by atoms with Crippen LogP contribution in [0.4, 0.5) is 10.5 Å². The zero-order valence-electron chi connectivity index (χ0n) is 14.3. The number of urea groups is 1. The largest absolute Gasteiger partial charge is 0.354 e. The van der Waals surface area contributed by atoms with Gasteiger partial charge in [-0.05, 0) is 38.0 Å². The number of hydrogen-bond acceptors (Lipinski definition) is 4. The van der Waals surface area contributed by atoms with Crippen molar-refractivity contribution in [2.75, 3.05) is 5.32 Å². The molecule has 0 saturated carbocycles. The summed E-state index contributed by atoms with van der Waals surface area (Å²) in [6, 6.07) is 5.65. The maximum absolute atomic E-state index is 12.1. The molecule has 2 amide bonds. The molecule has 0 aliphatic carbocycles. The van der Waals surface area contributed by atoms with Gasteiger partial charge >= 0.3 is 6.03 Å². The van der Waals surface area contributed by atoms with Crippen LogP contribution in [0.25, 0.3) is 5.95 Å². The molecule has 0 aromatic carbocycles. The van der Waals surface area contributed by atoms with Crippen molar-refractivity contribution < 1.29 is 4.79 Å². The maximum atomic E-state index is 12.1. The number of nitrogens with one attached hydrogen (secondary N) is 2. The van der Waals surface area contributed by atoms with Crippen molar-refractivity contribution in [1.82, 2.24) is 29.6 Å². The van der Waals surface area contributed by atoms with Crippen LogP contribution in [-0.4, -0.2) is 36.4 Å². The van der Waals surface area contributed by atoms with E-state index in [0.717, 1.165) is 12.8 Å². The lowest BCUT2D eigenvalue weighted by molar-refractivity contribution is 0.248. The summed E-state index contributed by atoms with van der Waals surface area (Å²) >= 11 is 0. The number of nitrogens with zero attached hydrogens (tertiary/aromatic N) is 5. The second-order valence-corrected chi connectivity index (χ2v) is 5.87. The van der Waals surface area contributed by atoms with E-state index in [1.807, 2.05) is 26.2 Å². The minimum Gasteiger partial charge on any atom is -0.354 e. The van der Waals surface area contributed by atoms with E-state index in [-0.39, 0.29) is 12.1 Å². The van der Waals surface area contributed by atoms with Gasteiger partial charge in [-0.25, -0.2) is 19.4 Å². The molecule has 0 radical (unpaired) electrons. The average molecular weight is 339 g/mol. The fourth-order valence-electron chi connectivity index (χ4n) is 2.49. The quantitative estimate of drug-likeness (QED) is 0.720. The number of aromatic nitrogens is 5. The van der Waals surface area contributed by atoms with Crippen molar-refractivity contribution in [3.8, 4) is 5.95 Å². The molecule has 1 unspecified atom stereocenters. The van der Waals surface area contributed by atoms with Gasteiger partial charge in [0, 0.05) is 37.4 Å². The zero-order valence-corrected chi connectivity index (χ0v) is 14.3. The van der Waals surface area contributed by atoms with Gasteiger partial charge in [-0.1, -0.05) is 0 Å². The lowest BCUT2D eigenvalue weighted by Crippen LogP contribution is -2.36. The number of rotatable bonds is 6. The number of hydrogen-bond donors (Lipinski definition) is 2. The summed E-state index contributed by atoms with van der Waals surface area (Å²) in [5.41, 5.74) is 1.83. The van der Waals surface area contributed by atoms with E-state index in [9.17, 15) is 4.79 Å². The highest BCUT2D eigenvalue weighted by Gasteiger charge is 2.10. The van der Waals surface area contributed by atoms with E-state index in [1.54, 1.807) is 30.9 Å². The molecule has 3 aromatic rings. The molecule has 0 bridgehead atoms. The highest BCUT2D eigenvalue weighted by atomic mass is 16.2. The normalized spacial score (nSPS) is 11.9. The Bertz CT molecular complexity index is 824. The van der Waals surface area contributed by atoms with Crippen LogP contribution < -0.4 is 10.6 Å². The third-order valence-electron chi connectivity index (χ3n) is 3.86. The first-order valence-corrected chi connectivity index (χ1v) is 8.11. The van der Waals surface area contributed by atoms with Gasteiger partial charge < -0.3 is 15.2 Å². The zero-order chi connectivity index (χ0) is 17.6. The Morgan fingerprint density at radius 3 is 2.80 bits per heavy atom. The van der Waals surface area contributed by atoms with E-state index in [4.69, 9.17) is 0 Å². The second kappa shape index (κ2) is 7.61. The molecule has 8 heteroatoms. The van der Waals surface area contributed by atoms with Gasteiger partial charge in [-0.2, -0.15) is 5.10 Å². The van der Waals surface area contributed by atoms with Crippen molar-refractivity contribution in [3.63, 3.8) is 0 Å². The topological polar surface area (TPSA) is 89.7 Å². The van der Waals surface area contributed by atoms with Gasteiger partial charge in [0.2, 0.25) is 5.95 Å². The summed E-state index contributed by atoms with van der Waals surface area (Å²) in [5.74, 6) is 0.451. The SMILES string of the molecule is CC(CCc1cccn1C)NC(=O)Nc1cnn(-c2ncccn2)c1. The van der Waals surface area contributed by atoms with Crippen molar-refractivity contribution >= 4 is 11.7 Å². The maximum Gasteiger partial charge on any atom is 0.319 e. The molecule has 0 fully saturated rings. The van der Waals surface area contributed by atoms with Crippen LogP contribution >= 0.6 is 0 Å². The highest BCUT2D eigenvalue weighted by Crippen LogP contribution is 2.09. The van der Waals surface area contributed by atoms with E-state index < -0.39 is 0 Å². The first kappa shape index (κ1) is 16.7. The fourth-order valence-corrected chi connectivity index (χ4v) is 2.49. The van der Waals surface area contributed by atoms with Gasteiger partial charge in [-0.3, -0.25) is 0 Å². The summed E-state index contributed by atoms with van der Waals surface area (Å²) in [6.45, 7) is 1.99. The second-order valence-electron chi connectivity index (χ2n) is 5.87. The monoisotopic (exact) mass is 339 g/mol. The van der Waals surface area contributed by atoms with Crippen molar-refractivity contribution in [3.05, 3.63) is 54.9 Å². The summed E-state index contributed by atoms with van der Waals surface area (Å²) in [4.78, 5) is 20.3. The number of amides is 2. The molecule has 1 atom stereocenters. The average Bonchev–Trinajstić information content (AvgIpc) is 3.23. The smallest absolute Gasteiger partial charge is 0.319 e. The van der Waals surface area contributed by atoms with Crippen LogP contribution in [-0.2, 0) is 13.5 Å². The Labute approximate surface area is 145 Å². The van der Waals surface area contributed by atoms with Gasteiger partial charge in [0.05, 0.1) is 18.1 Å². The molecule has 3 heterocycles. The van der Waals surface area contributed by atoms with Crippen molar-refractivity contribution in [1.29, 1.82) is 0 Å². The van der Waals surface area contributed by atoms with Crippen LogP contribution in [0, 0.1) is 0 Å². The molecule has 0 spiro atoms. The fraction of sp³-hybridized carbons (Fsp3) is 0.294. The Balaban J connectivity index is 1.49. The molecule has 0 aliphatic rings. The molecule has 3 rings (SSSR count). The molecular formula is C17H21N7O. The summed E-state index contributed by atoms with van der Waals surface area (Å²) in [6.07, 6.45) is 10.3. The van der Waals surface area contributed by atoms with E-state index >= 15 is 0 Å². The Morgan fingerprint density at radius 2 is 2.08 bits per heavy atom. The molecular weight excluding hydrogens is 318 g/mol.